The molecule has 0 saturated carbocycles. The Morgan fingerprint density at radius 2 is 2.15 bits per heavy atom. The van der Waals surface area contributed by atoms with Crippen LogP contribution in [0, 0.1) is 0 Å². The first-order valence-electron chi connectivity index (χ1n) is 6.76. The number of nitrogens with two attached hydrogens (primary N) is 2. The minimum Gasteiger partial charge on any atom is -0.330 e. The van der Waals surface area contributed by atoms with E-state index in [1.165, 1.54) is 0 Å². The van der Waals surface area contributed by atoms with Gasteiger partial charge in [0, 0.05) is 11.6 Å². The van der Waals surface area contributed by atoms with Crippen LogP contribution < -0.4 is 11.5 Å². The van der Waals surface area contributed by atoms with Gasteiger partial charge in [0.2, 0.25) is 5.91 Å². The Bertz CT molecular complexity index is 594. The molecule has 2 aromatic rings. The Morgan fingerprint density at radius 1 is 1.40 bits per heavy atom. The Morgan fingerprint density at radius 3 is 2.85 bits per heavy atom. The van der Waals surface area contributed by atoms with Gasteiger partial charge in [0.05, 0.1) is 11.6 Å². The van der Waals surface area contributed by atoms with E-state index in [1.54, 1.807) is 16.3 Å². The van der Waals surface area contributed by atoms with E-state index in [4.69, 9.17) is 11.5 Å². The molecular formula is C15H21N3OS. The second-order valence-electron chi connectivity index (χ2n) is 4.81. The molecule has 1 aromatic carbocycles. The van der Waals surface area contributed by atoms with Gasteiger partial charge in [-0.05, 0) is 43.0 Å². The fourth-order valence-corrected chi connectivity index (χ4v) is 2.82. The Kier molecular flexibility index (Phi) is 5.23. The number of carbonyl (C=O) groups is 1. The van der Waals surface area contributed by atoms with E-state index < -0.39 is 6.04 Å². The van der Waals surface area contributed by atoms with Gasteiger partial charge in [-0.3, -0.25) is 9.36 Å². The van der Waals surface area contributed by atoms with Crippen LogP contribution >= 0.6 is 11.8 Å². The highest BCUT2D eigenvalue weighted by atomic mass is 32.2. The third kappa shape index (κ3) is 3.06. The summed E-state index contributed by atoms with van der Waals surface area (Å²) in [7, 11) is 0. The Hall–Kier alpha value is -1.30. The van der Waals surface area contributed by atoms with Crippen LogP contribution in [0.2, 0.25) is 0 Å². The summed E-state index contributed by atoms with van der Waals surface area (Å²) in [6, 6.07) is 7.44. The molecule has 20 heavy (non-hydrogen) atoms. The zero-order valence-electron chi connectivity index (χ0n) is 11.7. The predicted octanol–water partition coefficient (Wildman–Crippen LogP) is 1.86. The first kappa shape index (κ1) is 15.1. The van der Waals surface area contributed by atoms with Gasteiger partial charge in [0.25, 0.3) is 0 Å². The normalized spacial score (nSPS) is 12.8. The van der Waals surface area contributed by atoms with Crippen molar-refractivity contribution < 1.29 is 4.79 Å². The lowest BCUT2D eigenvalue weighted by Crippen LogP contribution is -2.34. The van der Waals surface area contributed by atoms with E-state index in [2.05, 4.69) is 0 Å². The summed E-state index contributed by atoms with van der Waals surface area (Å²) in [5.41, 5.74) is 13.7. The highest BCUT2D eigenvalue weighted by Crippen LogP contribution is 2.22. The summed E-state index contributed by atoms with van der Waals surface area (Å²) in [4.78, 5) is 12.5. The van der Waals surface area contributed by atoms with Crippen molar-refractivity contribution >= 4 is 28.6 Å². The summed E-state index contributed by atoms with van der Waals surface area (Å²) in [6.07, 6.45) is 5.36. The minimum absolute atomic E-state index is 0.0430. The third-order valence-electron chi connectivity index (χ3n) is 3.40. The quantitative estimate of drug-likeness (QED) is 0.852. The predicted molar refractivity (Wildman–Crippen MR) is 86.3 cm³/mol. The van der Waals surface area contributed by atoms with Crippen LogP contribution in [0.5, 0.6) is 0 Å². The highest BCUT2D eigenvalue weighted by Gasteiger charge is 2.18. The molecule has 0 spiro atoms. The van der Waals surface area contributed by atoms with Crippen molar-refractivity contribution in [1.29, 1.82) is 0 Å². The molecule has 0 bridgehead atoms. The maximum Gasteiger partial charge on any atom is 0.248 e. The van der Waals surface area contributed by atoms with Crippen molar-refractivity contribution in [3.05, 3.63) is 36.0 Å². The first-order valence-corrected chi connectivity index (χ1v) is 8.16. The number of carbonyl (C=O) groups excluding carboxylic acids is 1. The van der Waals surface area contributed by atoms with Gasteiger partial charge in [0.15, 0.2) is 0 Å². The smallest absolute Gasteiger partial charge is 0.248 e. The zero-order chi connectivity index (χ0) is 14.5. The third-order valence-corrected chi connectivity index (χ3v) is 4.04. The van der Waals surface area contributed by atoms with Crippen molar-refractivity contribution in [2.45, 2.75) is 18.9 Å². The number of aromatic nitrogens is 1. The Labute approximate surface area is 123 Å². The lowest BCUT2D eigenvalue weighted by Gasteiger charge is -2.11. The van der Waals surface area contributed by atoms with Crippen LogP contribution in [0.4, 0.5) is 0 Å². The molecule has 0 aliphatic heterocycles. The lowest BCUT2D eigenvalue weighted by molar-refractivity contribution is 0.0883. The number of fused-ring (bicyclic) bond motifs is 1. The maximum absolute atomic E-state index is 12.5. The monoisotopic (exact) mass is 291 g/mol. The molecule has 0 amide bonds. The van der Waals surface area contributed by atoms with Gasteiger partial charge in [-0.15, -0.1) is 0 Å². The summed E-state index contributed by atoms with van der Waals surface area (Å²) in [6.45, 7) is 0.570. The molecule has 0 aliphatic carbocycles. The molecule has 1 heterocycles. The first-order chi connectivity index (χ1) is 9.69. The molecule has 0 aliphatic rings. The molecule has 1 atom stereocenters. The SMILES string of the molecule is CSCC[C@H](N)C(=O)n1cc(CCN)c2ccccc21. The van der Waals surface area contributed by atoms with Crippen LogP contribution in [-0.4, -0.2) is 35.1 Å². The van der Waals surface area contributed by atoms with Crippen LogP contribution in [-0.2, 0) is 6.42 Å². The molecule has 2 rings (SSSR count). The molecule has 0 fully saturated rings. The van der Waals surface area contributed by atoms with E-state index >= 15 is 0 Å². The van der Waals surface area contributed by atoms with Crippen molar-refractivity contribution in [2.24, 2.45) is 11.5 Å². The summed E-state index contributed by atoms with van der Waals surface area (Å²) in [5, 5.41) is 1.09. The molecular weight excluding hydrogens is 270 g/mol. The van der Waals surface area contributed by atoms with Crippen LogP contribution in [0.15, 0.2) is 30.5 Å². The molecule has 5 heteroatoms. The van der Waals surface area contributed by atoms with Crippen LogP contribution in [0.3, 0.4) is 0 Å². The molecule has 0 saturated heterocycles. The van der Waals surface area contributed by atoms with E-state index in [-0.39, 0.29) is 5.91 Å². The molecule has 1 aromatic heterocycles. The van der Waals surface area contributed by atoms with Gasteiger partial charge in [-0.1, -0.05) is 18.2 Å². The average molecular weight is 291 g/mol. The number of benzene rings is 1. The van der Waals surface area contributed by atoms with Crippen LogP contribution in [0.1, 0.15) is 16.8 Å². The van der Waals surface area contributed by atoms with Crippen molar-refractivity contribution in [3.8, 4) is 0 Å². The largest absolute Gasteiger partial charge is 0.330 e. The number of thioether (sulfide) groups is 1. The van der Waals surface area contributed by atoms with E-state index in [0.717, 1.165) is 28.6 Å². The number of hydrogen-bond acceptors (Lipinski definition) is 4. The van der Waals surface area contributed by atoms with Crippen molar-refractivity contribution in [2.75, 3.05) is 18.6 Å². The molecule has 0 unspecified atom stereocenters. The number of hydrogen-bond donors (Lipinski definition) is 2. The molecule has 108 valence electrons. The number of rotatable bonds is 6. The number of para-hydroxylation sites is 1. The lowest BCUT2D eigenvalue weighted by atomic mass is 10.1. The van der Waals surface area contributed by atoms with Gasteiger partial charge in [-0.25, -0.2) is 0 Å². The van der Waals surface area contributed by atoms with E-state index in [9.17, 15) is 4.79 Å². The molecule has 0 radical (unpaired) electrons. The Balaban J connectivity index is 2.36. The highest BCUT2D eigenvalue weighted by molar-refractivity contribution is 7.98. The van der Waals surface area contributed by atoms with Crippen LogP contribution in [0.25, 0.3) is 10.9 Å². The molecule has 4 N–H and O–H groups in total. The van der Waals surface area contributed by atoms with Crippen molar-refractivity contribution in [1.82, 2.24) is 4.57 Å². The second kappa shape index (κ2) is 6.92. The summed E-state index contributed by atoms with van der Waals surface area (Å²) in [5.74, 6) is 0.848. The summed E-state index contributed by atoms with van der Waals surface area (Å²) >= 11 is 1.70. The van der Waals surface area contributed by atoms with Gasteiger partial charge in [0.1, 0.15) is 0 Å². The van der Waals surface area contributed by atoms with Crippen molar-refractivity contribution in [3.63, 3.8) is 0 Å². The van der Waals surface area contributed by atoms with E-state index in [1.807, 2.05) is 36.7 Å². The minimum atomic E-state index is -0.455. The fraction of sp³-hybridized carbons (Fsp3) is 0.400. The average Bonchev–Trinajstić information content (AvgIpc) is 2.83. The topological polar surface area (TPSA) is 74.0 Å². The second-order valence-corrected chi connectivity index (χ2v) is 5.79. The molecule has 4 nitrogen and oxygen atoms in total. The zero-order valence-corrected chi connectivity index (χ0v) is 12.5. The fourth-order valence-electron chi connectivity index (χ4n) is 2.33. The standard InChI is InChI=1S/C15H21N3OS/c1-20-9-7-13(17)15(19)18-10-11(6-8-16)12-4-2-3-5-14(12)18/h2-5,10,13H,6-9,16-17H2,1H3/t13-/m0/s1. The summed E-state index contributed by atoms with van der Waals surface area (Å²) < 4.78 is 1.69. The van der Waals surface area contributed by atoms with E-state index in [0.29, 0.717) is 13.0 Å². The van der Waals surface area contributed by atoms with Gasteiger partial charge in [-0.2, -0.15) is 11.8 Å². The van der Waals surface area contributed by atoms with Gasteiger partial charge >= 0.3 is 0 Å². The number of nitrogens with zero attached hydrogens (tertiary/aromatic N) is 1. The maximum atomic E-state index is 12.5. The van der Waals surface area contributed by atoms with Gasteiger partial charge < -0.3 is 11.5 Å².